The van der Waals surface area contributed by atoms with Crippen molar-refractivity contribution in [3.05, 3.63) is 59.4 Å². The normalized spacial score (nSPS) is 10.9. The van der Waals surface area contributed by atoms with E-state index in [0.717, 1.165) is 44.6 Å². The summed E-state index contributed by atoms with van der Waals surface area (Å²) in [7, 11) is 2.97. The Morgan fingerprint density at radius 2 is 1.34 bits per heavy atom. The lowest BCUT2D eigenvalue weighted by Crippen LogP contribution is -2.19. The molecular formula is C24H35FN2O2. The van der Waals surface area contributed by atoms with Crippen molar-refractivity contribution in [3.8, 4) is 11.5 Å². The molecule has 0 atom stereocenters. The van der Waals surface area contributed by atoms with Crippen molar-refractivity contribution in [1.82, 2.24) is 10.6 Å². The smallest absolute Gasteiger partial charge is 0.196 e. The third kappa shape index (κ3) is 8.84. The second-order valence-electron chi connectivity index (χ2n) is 7.21. The summed E-state index contributed by atoms with van der Waals surface area (Å²) >= 11 is 0. The van der Waals surface area contributed by atoms with E-state index >= 15 is 0 Å². The fourth-order valence-electron chi connectivity index (χ4n) is 3.33. The number of hydrogen-bond acceptors (Lipinski definition) is 4. The second-order valence-corrected chi connectivity index (χ2v) is 7.21. The number of hydrogen-bond donors (Lipinski definition) is 2. The Morgan fingerprint density at radius 3 is 1.93 bits per heavy atom. The topological polar surface area (TPSA) is 42.5 Å². The highest BCUT2D eigenvalue weighted by Crippen LogP contribution is 2.31. The molecule has 2 aromatic carbocycles. The highest BCUT2D eigenvalue weighted by molar-refractivity contribution is 5.44. The van der Waals surface area contributed by atoms with Gasteiger partial charge in [-0.2, -0.15) is 0 Å². The van der Waals surface area contributed by atoms with Gasteiger partial charge in [-0.3, -0.25) is 0 Å². The van der Waals surface area contributed by atoms with E-state index in [1.54, 1.807) is 0 Å². The van der Waals surface area contributed by atoms with Gasteiger partial charge in [0.05, 0.1) is 14.2 Å². The summed E-state index contributed by atoms with van der Waals surface area (Å²) in [6, 6.07) is 14.0. The summed E-state index contributed by atoms with van der Waals surface area (Å²) in [5.74, 6) is 0.234. The average Bonchev–Trinajstić information content (AvgIpc) is 2.74. The summed E-state index contributed by atoms with van der Waals surface area (Å²) in [4.78, 5) is 0. The Labute approximate surface area is 174 Å². The van der Waals surface area contributed by atoms with Gasteiger partial charge in [-0.05, 0) is 75.1 Å². The van der Waals surface area contributed by atoms with Gasteiger partial charge >= 0.3 is 0 Å². The van der Waals surface area contributed by atoms with Crippen molar-refractivity contribution >= 4 is 0 Å². The van der Waals surface area contributed by atoms with Gasteiger partial charge in [-0.15, -0.1) is 0 Å². The molecule has 0 unspecified atom stereocenters. The van der Waals surface area contributed by atoms with E-state index in [2.05, 4.69) is 41.0 Å². The van der Waals surface area contributed by atoms with Crippen LogP contribution in [0.2, 0.25) is 0 Å². The molecule has 4 nitrogen and oxygen atoms in total. The molecule has 0 aliphatic rings. The Morgan fingerprint density at radius 1 is 0.724 bits per heavy atom. The molecular weight excluding hydrogens is 367 g/mol. The zero-order valence-corrected chi connectivity index (χ0v) is 17.8. The molecule has 0 aromatic heterocycles. The van der Waals surface area contributed by atoms with Crippen LogP contribution in [0.5, 0.6) is 11.5 Å². The maximum absolute atomic E-state index is 14.0. The first kappa shape index (κ1) is 23.2. The van der Waals surface area contributed by atoms with Crippen LogP contribution in [0.15, 0.2) is 42.5 Å². The van der Waals surface area contributed by atoms with Gasteiger partial charge in [0.2, 0.25) is 0 Å². The second kappa shape index (κ2) is 14.0. The van der Waals surface area contributed by atoms with E-state index in [0.29, 0.717) is 5.75 Å². The van der Waals surface area contributed by atoms with Crippen molar-refractivity contribution in [2.24, 2.45) is 0 Å². The van der Waals surface area contributed by atoms with Crippen LogP contribution in [0.25, 0.3) is 0 Å². The lowest BCUT2D eigenvalue weighted by molar-refractivity contribution is 0.337. The predicted molar refractivity (Wildman–Crippen MR) is 118 cm³/mol. The van der Waals surface area contributed by atoms with Crippen LogP contribution in [-0.4, -0.2) is 40.4 Å². The first-order valence-electron chi connectivity index (χ1n) is 10.6. The summed E-state index contributed by atoms with van der Waals surface area (Å²) in [6.07, 6.45) is 6.74. The molecule has 0 aliphatic carbocycles. The first-order valence-corrected chi connectivity index (χ1v) is 10.6. The minimum absolute atomic E-state index is 0.166. The van der Waals surface area contributed by atoms with Crippen LogP contribution in [-0.2, 0) is 12.8 Å². The first-order chi connectivity index (χ1) is 14.2. The molecule has 2 aromatic rings. The summed E-state index contributed by atoms with van der Waals surface area (Å²) in [5, 5.41) is 6.96. The number of methoxy groups -OCH3 is 2. The third-order valence-corrected chi connectivity index (χ3v) is 4.97. The van der Waals surface area contributed by atoms with Gasteiger partial charge < -0.3 is 20.1 Å². The molecule has 0 radical (unpaired) electrons. The lowest BCUT2D eigenvalue weighted by Gasteiger charge is -2.11. The van der Waals surface area contributed by atoms with Crippen molar-refractivity contribution in [2.75, 3.05) is 40.4 Å². The van der Waals surface area contributed by atoms with Crippen LogP contribution < -0.4 is 20.1 Å². The summed E-state index contributed by atoms with van der Waals surface area (Å²) < 4.78 is 24.2. The number of halogens is 1. The van der Waals surface area contributed by atoms with E-state index in [4.69, 9.17) is 9.47 Å². The van der Waals surface area contributed by atoms with Gasteiger partial charge in [0.15, 0.2) is 17.3 Å². The zero-order valence-electron chi connectivity index (χ0n) is 17.8. The monoisotopic (exact) mass is 402 g/mol. The Bertz CT molecular complexity index is 695. The fraction of sp³-hybridized carbons (Fsp3) is 0.500. The van der Waals surface area contributed by atoms with Gasteiger partial charge in [-0.25, -0.2) is 4.39 Å². The quantitative estimate of drug-likeness (QED) is 0.434. The van der Waals surface area contributed by atoms with Crippen LogP contribution in [0.1, 0.15) is 36.8 Å². The molecule has 0 spiro atoms. The minimum atomic E-state index is -0.376. The van der Waals surface area contributed by atoms with E-state index in [1.807, 2.05) is 6.07 Å². The highest BCUT2D eigenvalue weighted by atomic mass is 19.1. The van der Waals surface area contributed by atoms with Crippen LogP contribution in [0, 0.1) is 5.82 Å². The summed E-state index contributed by atoms with van der Waals surface area (Å²) in [6.45, 7) is 3.96. The molecule has 0 fully saturated rings. The number of rotatable bonds is 15. The van der Waals surface area contributed by atoms with E-state index in [-0.39, 0.29) is 11.6 Å². The Kier molecular flexibility index (Phi) is 11.2. The molecule has 2 N–H and O–H groups in total. The molecule has 5 heteroatoms. The SMILES string of the molecule is COc1cc(CCNCCCCCCNCCc2ccccc2)cc(F)c1OC. The fourth-order valence-corrected chi connectivity index (χ4v) is 3.33. The number of nitrogens with one attached hydrogen (secondary N) is 2. The van der Waals surface area contributed by atoms with Crippen LogP contribution >= 0.6 is 0 Å². The lowest BCUT2D eigenvalue weighted by atomic mass is 10.1. The molecule has 2 rings (SSSR count). The highest BCUT2D eigenvalue weighted by Gasteiger charge is 2.11. The Balaban J connectivity index is 1.45. The molecule has 160 valence electrons. The van der Waals surface area contributed by atoms with E-state index in [9.17, 15) is 4.39 Å². The molecule has 0 amide bonds. The molecule has 29 heavy (non-hydrogen) atoms. The Hall–Kier alpha value is -2.11. The molecule has 0 bridgehead atoms. The zero-order chi connectivity index (χ0) is 20.7. The standard InChI is InChI=1S/C24H35FN2O2/c1-28-23-19-21(18-22(25)24(23)29-2)13-17-27-15-9-4-3-8-14-26-16-12-20-10-6-5-7-11-20/h5-7,10-11,18-19,26-27H,3-4,8-9,12-17H2,1-2H3. The molecule has 0 saturated carbocycles. The van der Waals surface area contributed by atoms with Crippen molar-refractivity contribution in [3.63, 3.8) is 0 Å². The van der Waals surface area contributed by atoms with Gasteiger partial charge in [0.25, 0.3) is 0 Å². The minimum Gasteiger partial charge on any atom is -0.493 e. The number of unbranched alkanes of at least 4 members (excludes halogenated alkanes) is 3. The summed E-state index contributed by atoms with van der Waals surface area (Å²) in [5.41, 5.74) is 2.30. The van der Waals surface area contributed by atoms with Crippen molar-refractivity contribution in [1.29, 1.82) is 0 Å². The van der Waals surface area contributed by atoms with Gasteiger partial charge in [-0.1, -0.05) is 43.2 Å². The number of ether oxygens (including phenoxy) is 2. The van der Waals surface area contributed by atoms with Crippen LogP contribution in [0.3, 0.4) is 0 Å². The maximum Gasteiger partial charge on any atom is 0.196 e. The molecule has 0 aliphatic heterocycles. The van der Waals surface area contributed by atoms with Gasteiger partial charge in [0.1, 0.15) is 0 Å². The van der Waals surface area contributed by atoms with Gasteiger partial charge in [0, 0.05) is 0 Å². The molecule has 0 heterocycles. The van der Waals surface area contributed by atoms with E-state index in [1.165, 1.54) is 51.5 Å². The molecule has 0 saturated heterocycles. The van der Waals surface area contributed by atoms with Crippen LogP contribution in [0.4, 0.5) is 4.39 Å². The van der Waals surface area contributed by atoms with Crippen molar-refractivity contribution < 1.29 is 13.9 Å². The number of benzene rings is 2. The third-order valence-electron chi connectivity index (χ3n) is 4.97. The van der Waals surface area contributed by atoms with Crippen molar-refractivity contribution in [2.45, 2.75) is 38.5 Å². The average molecular weight is 403 g/mol. The maximum atomic E-state index is 14.0. The largest absolute Gasteiger partial charge is 0.493 e. The van der Waals surface area contributed by atoms with E-state index < -0.39 is 0 Å². The predicted octanol–water partition coefficient (Wildman–Crippen LogP) is 4.37.